The molecule has 0 atom stereocenters. The van der Waals surface area contributed by atoms with E-state index in [4.69, 9.17) is 4.42 Å². The Balaban J connectivity index is 2.55. The van der Waals surface area contributed by atoms with Crippen molar-refractivity contribution in [2.24, 2.45) is 0 Å². The highest BCUT2D eigenvalue weighted by Crippen LogP contribution is 2.19. The largest absolute Gasteiger partial charge is 0.464 e. The van der Waals surface area contributed by atoms with E-state index in [0.717, 1.165) is 12.1 Å². The molecule has 0 bridgehead atoms. The summed E-state index contributed by atoms with van der Waals surface area (Å²) in [4.78, 5) is 0. The van der Waals surface area contributed by atoms with Crippen LogP contribution in [0, 0.1) is 0 Å². The summed E-state index contributed by atoms with van der Waals surface area (Å²) in [5.41, 5.74) is 2.18. The number of hydrogen-bond acceptors (Lipinski definition) is 2. The van der Waals surface area contributed by atoms with Crippen molar-refractivity contribution in [1.29, 1.82) is 0 Å². The van der Waals surface area contributed by atoms with Crippen LogP contribution in [0.15, 0.2) is 34.9 Å². The summed E-state index contributed by atoms with van der Waals surface area (Å²) in [6.45, 7) is 0.858. The molecule has 0 spiro atoms. The number of para-hydroxylation sites is 1. The molecule has 2 heteroatoms. The van der Waals surface area contributed by atoms with Gasteiger partial charge in [-0.05, 0) is 13.1 Å². The zero-order valence-electron chi connectivity index (χ0n) is 7.00. The number of benzene rings is 1. The Kier molecular flexibility index (Phi) is 1.84. The standard InChI is InChI=1S/C10H11NO/c1-11-6-8-7-12-10-5-3-2-4-9(8)10/h2-5,7,11H,6H2,1H3. The Bertz CT molecular complexity index is 378. The molecule has 1 aromatic carbocycles. The van der Waals surface area contributed by atoms with Gasteiger partial charge >= 0.3 is 0 Å². The van der Waals surface area contributed by atoms with Gasteiger partial charge < -0.3 is 9.73 Å². The third kappa shape index (κ3) is 1.10. The van der Waals surface area contributed by atoms with Gasteiger partial charge in [0.25, 0.3) is 0 Å². The Morgan fingerprint density at radius 1 is 1.33 bits per heavy atom. The zero-order chi connectivity index (χ0) is 8.39. The maximum atomic E-state index is 5.36. The normalized spacial score (nSPS) is 10.8. The lowest BCUT2D eigenvalue weighted by molar-refractivity contribution is 0.607. The number of furan rings is 1. The highest BCUT2D eigenvalue weighted by atomic mass is 16.3. The second-order valence-electron chi connectivity index (χ2n) is 2.79. The van der Waals surface area contributed by atoms with Gasteiger partial charge in [0.05, 0.1) is 6.26 Å². The van der Waals surface area contributed by atoms with Gasteiger partial charge in [0.15, 0.2) is 0 Å². The fourth-order valence-electron chi connectivity index (χ4n) is 1.36. The van der Waals surface area contributed by atoms with Crippen molar-refractivity contribution in [3.05, 3.63) is 36.1 Å². The second kappa shape index (κ2) is 2.99. The molecule has 0 aliphatic carbocycles. The topological polar surface area (TPSA) is 25.2 Å². The maximum Gasteiger partial charge on any atom is 0.134 e. The minimum absolute atomic E-state index is 0.858. The lowest BCUT2D eigenvalue weighted by Gasteiger charge is -1.93. The first kappa shape index (κ1) is 7.37. The molecule has 1 N–H and O–H groups in total. The van der Waals surface area contributed by atoms with Crippen molar-refractivity contribution in [3.8, 4) is 0 Å². The van der Waals surface area contributed by atoms with Crippen molar-refractivity contribution < 1.29 is 4.42 Å². The van der Waals surface area contributed by atoms with Crippen LogP contribution in [0.25, 0.3) is 11.0 Å². The van der Waals surface area contributed by atoms with Gasteiger partial charge in [0.1, 0.15) is 5.58 Å². The third-order valence-corrected chi connectivity index (χ3v) is 1.93. The van der Waals surface area contributed by atoms with E-state index < -0.39 is 0 Å². The summed E-state index contributed by atoms with van der Waals surface area (Å²) in [6, 6.07) is 8.06. The van der Waals surface area contributed by atoms with Crippen LogP contribution in [0.5, 0.6) is 0 Å². The summed E-state index contributed by atoms with van der Waals surface area (Å²) in [5.74, 6) is 0. The quantitative estimate of drug-likeness (QED) is 0.730. The van der Waals surface area contributed by atoms with E-state index in [1.165, 1.54) is 10.9 Å². The summed E-state index contributed by atoms with van der Waals surface area (Å²) in [7, 11) is 1.93. The van der Waals surface area contributed by atoms with Crippen LogP contribution >= 0.6 is 0 Å². The molecule has 0 saturated heterocycles. The van der Waals surface area contributed by atoms with Gasteiger partial charge in [0, 0.05) is 17.5 Å². The monoisotopic (exact) mass is 161 g/mol. The van der Waals surface area contributed by atoms with Gasteiger partial charge in [-0.1, -0.05) is 18.2 Å². The van der Waals surface area contributed by atoms with E-state index in [1.807, 2.05) is 25.2 Å². The lowest BCUT2D eigenvalue weighted by atomic mass is 10.2. The fourth-order valence-corrected chi connectivity index (χ4v) is 1.36. The van der Waals surface area contributed by atoms with Crippen LogP contribution in [0.1, 0.15) is 5.56 Å². The molecule has 1 aromatic heterocycles. The summed E-state index contributed by atoms with van der Waals surface area (Å²) in [6.07, 6.45) is 1.81. The second-order valence-corrected chi connectivity index (χ2v) is 2.79. The van der Waals surface area contributed by atoms with Gasteiger partial charge in [-0.25, -0.2) is 0 Å². The zero-order valence-corrected chi connectivity index (χ0v) is 7.00. The van der Waals surface area contributed by atoms with E-state index in [2.05, 4.69) is 11.4 Å². The minimum Gasteiger partial charge on any atom is -0.464 e. The molecular weight excluding hydrogens is 150 g/mol. The van der Waals surface area contributed by atoms with Gasteiger partial charge in [-0.3, -0.25) is 0 Å². The number of nitrogens with one attached hydrogen (secondary N) is 1. The summed E-state index contributed by atoms with van der Waals surface area (Å²) < 4.78 is 5.36. The molecule has 1 heterocycles. The molecule has 0 aliphatic heterocycles. The maximum absolute atomic E-state index is 5.36. The minimum atomic E-state index is 0.858. The molecule has 12 heavy (non-hydrogen) atoms. The Hall–Kier alpha value is -1.28. The Morgan fingerprint density at radius 2 is 2.17 bits per heavy atom. The average molecular weight is 161 g/mol. The SMILES string of the molecule is CNCc1coc2ccccc12. The highest BCUT2D eigenvalue weighted by molar-refractivity contribution is 5.80. The van der Waals surface area contributed by atoms with Crippen molar-refractivity contribution >= 4 is 11.0 Å². The molecule has 2 aromatic rings. The fraction of sp³-hybridized carbons (Fsp3) is 0.200. The molecule has 2 rings (SSSR count). The van der Waals surface area contributed by atoms with Crippen molar-refractivity contribution in [2.75, 3.05) is 7.05 Å². The molecule has 0 aliphatic rings. The Labute approximate surface area is 71.2 Å². The van der Waals surface area contributed by atoms with E-state index >= 15 is 0 Å². The average Bonchev–Trinajstić information content (AvgIpc) is 2.50. The van der Waals surface area contributed by atoms with Crippen LogP contribution in [-0.2, 0) is 6.54 Å². The highest BCUT2D eigenvalue weighted by Gasteiger charge is 2.02. The lowest BCUT2D eigenvalue weighted by Crippen LogP contribution is -2.03. The molecule has 62 valence electrons. The molecule has 0 amide bonds. The van der Waals surface area contributed by atoms with Crippen LogP contribution in [0.2, 0.25) is 0 Å². The van der Waals surface area contributed by atoms with Crippen molar-refractivity contribution in [3.63, 3.8) is 0 Å². The van der Waals surface area contributed by atoms with Crippen molar-refractivity contribution in [2.45, 2.75) is 6.54 Å². The predicted octanol–water partition coefficient (Wildman–Crippen LogP) is 2.15. The van der Waals surface area contributed by atoms with Gasteiger partial charge in [0.2, 0.25) is 0 Å². The van der Waals surface area contributed by atoms with Crippen LogP contribution in [0.4, 0.5) is 0 Å². The molecular formula is C10H11NO. The van der Waals surface area contributed by atoms with Crippen LogP contribution < -0.4 is 5.32 Å². The van der Waals surface area contributed by atoms with Crippen LogP contribution in [0.3, 0.4) is 0 Å². The smallest absolute Gasteiger partial charge is 0.134 e. The number of hydrogen-bond donors (Lipinski definition) is 1. The molecule has 0 radical (unpaired) electrons. The molecule has 0 unspecified atom stereocenters. The van der Waals surface area contributed by atoms with E-state index in [1.54, 1.807) is 6.26 Å². The summed E-state index contributed by atoms with van der Waals surface area (Å²) in [5, 5.41) is 4.30. The first-order chi connectivity index (χ1) is 5.92. The third-order valence-electron chi connectivity index (χ3n) is 1.93. The van der Waals surface area contributed by atoms with E-state index in [-0.39, 0.29) is 0 Å². The first-order valence-corrected chi connectivity index (χ1v) is 4.01. The first-order valence-electron chi connectivity index (χ1n) is 4.01. The molecule has 0 fully saturated rings. The van der Waals surface area contributed by atoms with Crippen LogP contribution in [-0.4, -0.2) is 7.05 Å². The molecule has 0 saturated carbocycles. The van der Waals surface area contributed by atoms with Gasteiger partial charge in [-0.2, -0.15) is 0 Å². The number of fused-ring (bicyclic) bond motifs is 1. The Morgan fingerprint density at radius 3 is 3.00 bits per heavy atom. The van der Waals surface area contributed by atoms with E-state index in [9.17, 15) is 0 Å². The molecule has 2 nitrogen and oxygen atoms in total. The van der Waals surface area contributed by atoms with Crippen molar-refractivity contribution in [1.82, 2.24) is 5.32 Å². The van der Waals surface area contributed by atoms with E-state index in [0.29, 0.717) is 0 Å². The number of rotatable bonds is 2. The van der Waals surface area contributed by atoms with Gasteiger partial charge in [-0.15, -0.1) is 0 Å². The predicted molar refractivity (Wildman–Crippen MR) is 49.0 cm³/mol. The summed E-state index contributed by atoms with van der Waals surface area (Å²) >= 11 is 0.